The first-order chi connectivity index (χ1) is 10.5. The molecular formula is C17H23N3O2. The number of nitrogens with zero attached hydrogens (tertiary/aromatic N) is 2. The third kappa shape index (κ3) is 4.26. The Balaban J connectivity index is 2.32. The molecule has 1 heterocycles. The van der Waals surface area contributed by atoms with E-state index in [4.69, 9.17) is 0 Å². The van der Waals surface area contributed by atoms with Gasteiger partial charge in [0.05, 0.1) is 12.6 Å². The van der Waals surface area contributed by atoms with Gasteiger partial charge in [0, 0.05) is 29.9 Å². The summed E-state index contributed by atoms with van der Waals surface area (Å²) in [6, 6.07) is 11.4. The van der Waals surface area contributed by atoms with Crippen LogP contribution < -0.4 is 10.9 Å². The maximum Gasteiger partial charge on any atom is 0.273 e. The van der Waals surface area contributed by atoms with Gasteiger partial charge in [-0.2, -0.15) is 4.98 Å². The molecule has 0 aliphatic carbocycles. The summed E-state index contributed by atoms with van der Waals surface area (Å²) in [5.41, 5.74) is 1.40. The summed E-state index contributed by atoms with van der Waals surface area (Å²) in [4.78, 5) is 15.9. The Morgan fingerprint density at radius 2 is 1.95 bits per heavy atom. The van der Waals surface area contributed by atoms with Gasteiger partial charge in [-0.1, -0.05) is 44.2 Å². The Kier molecular flexibility index (Phi) is 5.46. The lowest BCUT2D eigenvalue weighted by Crippen LogP contribution is -2.35. The van der Waals surface area contributed by atoms with Gasteiger partial charge in [0.25, 0.3) is 5.56 Å². The minimum atomic E-state index is -0.548. The highest BCUT2D eigenvalue weighted by Crippen LogP contribution is 2.17. The van der Waals surface area contributed by atoms with E-state index >= 15 is 0 Å². The molecule has 2 N–H and O–H groups in total. The zero-order valence-electron chi connectivity index (χ0n) is 13.3. The van der Waals surface area contributed by atoms with E-state index in [1.807, 2.05) is 55.7 Å². The molecule has 0 spiro atoms. The average Bonchev–Trinajstić information content (AvgIpc) is 2.48. The molecule has 1 aromatic carbocycles. The van der Waals surface area contributed by atoms with Gasteiger partial charge in [-0.25, -0.2) is 0 Å². The minimum absolute atomic E-state index is 0.262. The van der Waals surface area contributed by atoms with Crippen molar-refractivity contribution in [2.24, 2.45) is 0 Å². The van der Waals surface area contributed by atoms with E-state index in [0.29, 0.717) is 25.0 Å². The van der Waals surface area contributed by atoms with Gasteiger partial charge in [-0.05, 0) is 6.92 Å². The highest BCUT2D eigenvalue weighted by Gasteiger charge is 2.13. The second kappa shape index (κ2) is 7.33. The maximum absolute atomic E-state index is 11.7. The van der Waals surface area contributed by atoms with Gasteiger partial charge in [0.15, 0.2) is 0 Å². The van der Waals surface area contributed by atoms with Crippen molar-refractivity contribution in [2.45, 2.75) is 39.5 Å². The SMILES string of the molecule is Cc1cc(=O)nc(-c2ccccc2)n1C[C@@H](O)CNC(C)C. The monoisotopic (exact) mass is 301 g/mol. The fraction of sp³-hybridized carbons (Fsp3) is 0.412. The Hall–Kier alpha value is -1.98. The summed E-state index contributed by atoms with van der Waals surface area (Å²) in [6.45, 7) is 6.82. The van der Waals surface area contributed by atoms with Crippen LogP contribution in [0.25, 0.3) is 11.4 Å². The van der Waals surface area contributed by atoms with E-state index in [1.54, 1.807) is 0 Å². The van der Waals surface area contributed by atoms with Crippen LogP contribution in [0.3, 0.4) is 0 Å². The molecule has 0 fully saturated rings. The summed E-state index contributed by atoms with van der Waals surface area (Å²) in [7, 11) is 0. The van der Waals surface area contributed by atoms with Crippen LogP contribution in [-0.4, -0.2) is 33.3 Å². The molecule has 118 valence electrons. The van der Waals surface area contributed by atoms with Gasteiger partial charge < -0.3 is 15.0 Å². The van der Waals surface area contributed by atoms with Crippen molar-refractivity contribution in [1.82, 2.24) is 14.9 Å². The fourth-order valence-electron chi connectivity index (χ4n) is 2.31. The van der Waals surface area contributed by atoms with E-state index in [9.17, 15) is 9.90 Å². The number of benzene rings is 1. The first-order valence-corrected chi connectivity index (χ1v) is 7.52. The molecule has 5 heteroatoms. The number of aliphatic hydroxyl groups is 1. The number of hydrogen-bond acceptors (Lipinski definition) is 4. The molecule has 0 aliphatic heterocycles. The van der Waals surface area contributed by atoms with Crippen LogP contribution in [0.4, 0.5) is 0 Å². The molecule has 2 aromatic rings. The van der Waals surface area contributed by atoms with Crippen molar-refractivity contribution in [3.63, 3.8) is 0 Å². The second-order valence-electron chi connectivity index (χ2n) is 5.75. The van der Waals surface area contributed by atoms with Crippen LogP contribution >= 0.6 is 0 Å². The van der Waals surface area contributed by atoms with Crippen molar-refractivity contribution >= 4 is 0 Å². The lowest BCUT2D eigenvalue weighted by Gasteiger charge is -2.20. The van der Waals surface area contributed by atoms with Crippen molar-refractivity contribution in [3.05, 3.63) is 52.4 Å². The third-order valence-electron chi connectivity index (χ3n) is 3.42. The van der Waals surface area contributed by atoms with Crippen molar-refractivity contribution in [1.29, 1.82) is 0 Å². The van der Waals surface area contributed by atoms with Crippen LogP contribution in [0.2, 0.25) is 0 Å². The van der Waals surface area contributed by atoms with Gasteiger partial charge in [-0.3, -0.25) is 4.79 Å². The number of hydrogen-bond donors (Lipinski definition) is 2. The molecule has 0 saturated carbocycles. The van der Waals surface area contributed by atoms with Crippen molar-refractivity contribution in [3.8, 4) is 11.4 Å². The predicted octanol–water partition coefficient (Wildman–Crippen LogP) is 1.58. The molecule has 1 aromatic heterocycles. The zero-order chi connectivity index (χ0) is 16.1. The quantitative estimate of drug-likeness (QED) is 0.850. The average molecular weight is 301 g/mol. The Labute approximate surface area is 130 Å². The van der Waals surface area contributed by atoms with E-state index in [-0.39, 0.29) is 5.56 Å². The van der Waals surface area contributed by atoms with Crippen LogP contribution in [0, 0.1) is 6.92 Å². The molecular weight excluding hydrogens is 278 g/mol. The van der Waals surface area contributed by atoms with E-state index < -0.39 is 6.10 Å². The summed E-state index contributed by atoms with van der Waals surface area (Å²) in [5, 5.41) is 13.4. The number of aryl methyl sites for hydroxylation is 1. The fourth-order valence-corrected chi connectivity index (χ4v) is 2.31. The largest absolute Gasteiger partial charge is 0.390 e. The number of rotatable bonds is 6. The highest BCUT2D eigenvalue weighted by molar-refractivity contribution is 5.55. The van der Waals surface area contributed by atoms with E-state index in [0.717, 1.165) is 11.3 Å². The Bertz CT molecular complexity index is 665. The highest BCUT2D eigenvalue weighted by atomic mass is 16.3. The normalized spacial score (nSPS) is 12.6. The molecule has 0 saturated heterocycles. The molecule has 0 amide bonds. The Morgan fingerprint density at radius 3 is 2.59 bits per heavy atom. The van der Waals surface area contributed by atoms with Gasteiger partial charge in [0.2, 0.25) is 0 Å². The van der Waals surface area contributed by atoms with E-state index in [2.05, 4.69) is 10.3 Å². The van der Waals surface area contributed by atoms with Crippen LogP contribution in [-0.2, 0) is 6.54 Å². The summed E-state index contributed by atoms with van der Waals surface area (Å²) in [6.07, 6.45) is -0.548. The van der Waals surface area contributed by atoms with Gasteiger partial charge in [0.1, 0.15) is 5.82 Å². The van der Waals surface area contributed by atoms with Crippen LogP contribution in [0.15, 0.2) is 41.2 Å². The molecule has 0 radical (unpaired) electrons. The second-order valence-corrected chi connectivity index (χ2v) is 5.75. The Morgan fingerprint density at radius 1 is 1.27 bits per heavy atom. The van der Waals surface area contributed by atoms with Crippen molar-refractivity contribution in [2.75, 3.05) is 6.54 Å². The lowest BCUT2D eigenvalue weighted by atomic mass is 10.2. The van der Waals surface area contributed by atoms with Gasteiger partial charge >= 0.3 is 0 Å². The van der Waals surface area contributed by atoms with Crippen LogP contribution in [0.1, 0.15) is 19.5 Å². The zero-order valence-corrected chi connectivity index (χ0v) is 13.3. The van der Waals surface area contributed by atoms with Crippen molar-refractivity contribution < 1.29 is 5.11 Å². The summed E-state index contributed by atoms with van der Waals surface area (Å²) >= 11 is 0. The molecule has 5 nitrogen and oxygen atoms in total. The molecule has 2 rings (SSSR count). The van der Waals surface area contributed by atoms with Crippen LogP contribution in [0.5, 0.6) is 0 Å². The summed E-state index contributed by atoms with van der Waals surface area (Å²) in [5.74, 6) is 0.592. The third-order valence-corrected chi connectivity index (χ3v) is 3.42. The minimum Gasteiger partial charge on any atom is -0.390 e. The summed E-state index contributed by atoms with van der Waals surface area (Å²) < 4.78 is 1.89. The standard InChI is InChI=1S/C17H23N3O2/c1-12(2)18-10-15(21)11-20-13(3)9-16(22)19-17(20)14-7-5-4-6-8-14/h4-9,12,15,18,21H,10-11H2,1-3H3/t15-/m0/s1. The number of aromatic nitrogens is 2. The molecule has 0 unspecified atom stereocenters. The topological polar surface area (TPSA) is 67.2 Å². The lowest BCUT2D eigenvalue weighted by molar-refractivity contribution is 0.148. The smallest absolute Gasteiger partial charge is 0.273 e. The molecule has 1 atom stereocenters. The number of aliphatic hydroxyl groups excluding tert-OH is 1. The predicted molar refractivity (Wildman–Crippen MR) is 87.8 cm³/mol. The molecule has 0 bridgehead atoms. The maximum atomic E-state index is 11.7. The van der Waals surface area contributed by atoms with E-state index in [1.165, 1.54) is 6.07 Å². The first kappa shape index (κ1) is 16.4. The first-order valence-electron chi connectivity index (χ1n) is 7.52. The van der Waals surface area contributed by atoms with Gasteiger partial charge in [-0.15, -0.1) is 0 Å². The molecule has 0 aliphatic rings. The number of nitrogens with one attached hydrogen (secondary N) is 1. The molecule has 22 heavy (non-hydrogen) atoms.